The number of para-hydroxylation sites is 1. The van der Waals surface area contributed by atoms with Crippen LogP contribution >= 0.6 is 0 Å². The first-order valence-electron chi connectivity index (χ1n) is 10.2. The van der Waals surface area contributed by atoms with Gasteiger partial charge < -0.3 is 4.90 Å². The molecule has 0 atom stereocenters. The minimum Gasteiger partial charge on any atom is -0.336 e. The molecule has 3 aromatic rings. The summed E-state index contributed by atoms with van der Waals surface area (Å²) in [6, 6.07) is 17.5. The number of benzene rings is 2. The predicted octanol–water partition coefficient (Wildman–Crippen LogP) is 2.77. The van der Waals surface area contributed by atoms with E-state index in [2.05, 4.69) is 0 Å². The Kier molecular flexibility index (Phi) is 5.79. The average molecular weight is 439 g/mol. The second-order valence-electron chi connectivity index (χ2n) is 7.92. The molecule has 0 radical (unpaired) electrons. The summed E-state index contributed by atoms with van der Waals surface area (Å²) in [5, 5.41) is 0.798. The maximum atomic E-state index is 13.5. The maximum Gasteiger partial charge on any atom is 0.281 e. The minimum absolute atomic E-state index is 0.103. The molecule has 1 aromatic heterocycles. The predicted molar refractivity (Wildman–Crippen MR) is 122 cm³/mol. The van der Waals surface area contributed by atoms with Crippen LogP contribution in [0.4, 0.5) is 0 Å². The molecule has 2 aromatic carbocycles. The number of hydrogen-bond acceptors (Lipinski definition) is 4. The Morgan fingerprint density at radius 1 is 0.968 bits per heavy atom. The summed E-state index contributed by atoms with van der Waals surface area (Å²) in [7, 11) is -0.443. The quantitative estimate of drug-likeness (QED) is 0.628. The van der Waals surface area contributed by atoms with E-state index < -0.39 is 10.2 Å². The number of carbonyl (C=O) groups excluding carboxylic acids is 1. The van der Waals surface area contributed by atoms with E-state index in [1.807, 2.05) is 61.5 Å². The average Bonchev–Trinajstić information content (AvgIpc) is 2.78. The van der Waals surface area contributed by atoms with Crippen molar-refractivity contribution in [1.29, 1.82) is 0 Å². The van der Waals surface area contributed by atoms with Crippen molar-refractivity contribution in [3.05, 3.63) is 65.7 Å². The third kappa shape index (κ3) is 4.19. The molecule has 0 bridgehead atoms. The van der Waals surface area contributed by atoms with E-state index in [1.165, 1.54) is 22.7 Å². The van der Waals surface area contributed by atoms with Gasteiger partial charge in [0.25, 0.3) is 16.1 Å². The van der Waals surface area contributed by atoms with Crippen molar-refractivity contribution in [3.8, 4) is 11.3 Å². The van der Waals surface area contributed by atoms with E-state index >= 15 is 0 Å². The number of carbonyl (C=O) groups is 1. The smallest absolute Gasteiger partial charge is 0.281 e. The van der Waals surface area contributed by atoms with Gasteiger partial charge in [-0.25, -0.2) is 4.98 Å². The summed E-state index contributed by atoms with van der Waals surface area (Å²) in [6.45, 7) is 3.29. The fourth-order valence-corrected chi connectivity index (χ4v) is 4.83. The Bertz CT molecular complexity index is 1220. The van der Waals surface area contributed by atoms with E-state index in [4.69, 9.17) is 4.98 Å². The highest BCUT2D eigenvalue weighted by atomic mass is 32.2. The summed E-state index contributed by atoms with van der Waals surface area (Å²) in [5.74, 6) is -0.103. The number of aromatic nitrogens is 1. The Morgan fingerprint density at radius 2 is 1.61 bits per heavy atom. The molecule has 0 unspecified atom stereocenters. The van der Waals surface area contributed by atoms with Crippen LogP contribution in [0.25, 0.3) is 22.2 Å². The van der Waals surface area contributed by atoms with Gasteiger partial charge in [0.2, 0.25) is 0 Å². The van der Waals surface area contributed by atoms with Crippen LogP contribution in [0.3, 0.4) is 0 Å². The van der Waals surface area contributed by atoms with Crippen LogP contribution in [0.2, 0.25) is 0 Å². The van der Waals surface area contributed by atoms with Crippen LogP contribution in [0, 0.1) is 6.92 Å². The van der Waals surface area contributed by atoms with E-state index in [9.17, 15) is 13.2 Å². The highest BCUT2D eigenvalue weighted by Crippen LogP contribution is 2.26. The first-order valence-corrected chi connectivity index (χ1v) is 11.6. The molecule has 0 saturated carbocycles. The van der Waals surface area contributed by atoms with Crippen molar-refractivity contribution in [1.82, 2.24) is 18.5 Å². The molecule has 2 heterocycles. The van der Waals surface area contributed by atoms with E-state index in [1.54, 1.807) is 4.90 Å². The maximum absolute atomic E-state index is 13.5. The Hall–Kier alpha value is -2.81. The molecule has 31 heavy (non-hydrogen) atoms. The van der Waals surface area contributed by atoms with Crippen molar-refractivity contribution >= 4 is 27.0 Å². The molecular formula is C23H26N4O3S. The normalized spacial score (nSPS) is 15.5. The van der Waals surface area contributed by atoms with Crippen molar-refractivity contribution in [2.75, 3.05) is 40.3 Å². The third-order valence-corrected chi connectivity index (χ3v) is 7.55. The summed E-state index contributed by atoms with van der Waals surface area (Å²) in [4.78, 5) is 19.9. The number of hydrogen-bond donors (Lipinski definition) is 0. The van der Waals surface area contributed by atoms with Crippen molar-refractivity contribution < 1.29 is 13.2 Å². The Labute approximate surface area is 183 Å². The molecule has 7 nitrogen and oxygen atoms in total. The van der Waals surface area contributed by atoms with Gasteiger partial charge in [0.05, 0.1) is 16.8 Å². The lowest BCUT2D eigenvalue weighted by atomic mass is 10.0. The van der Waals surface area contributed by atoms with E-state index in [-0.39, 0.29) is 19.0 Å². The molecule has 1 amide bonds. The Balaban J connectivity index is 1.66. The topological polar surface area (TPSA) is 73.8 Å². The zero-order valence-electron chi connectivity index (χ0n) is 17.9. The van der Waals surface area contributed by atoms with Crippen LogP contribution in [0.1, 0.15) is 15.9 Å². The summed E-state index contributed by atoms with van der Waals surface area (Å²) in [5.41, 5.74) is 4.21. The van der Waals surface area contributed by atoms with Crippen LogP contribution in [-0.2, 0) is 10.2 Å². The fraction of sp³-hybridized carbons (Fsp3) is 0.304. The molecule has 0 spiro atoms. The lowest BCUT2D eigenvalue weighted by molar-refractivity contribution is 0.0697. The largest absolute Gasteiger partial charge is 0.336 e. The van der Waals surface area contributed by atoms with Crippen molar-refractivity contribution in [2.45, 2.75) is 6.92 Å². The third-order valence-electron chi connectivity index (χ3n) is 5.61. The molecule has 1 aliphatic heterocycles. The highest BCUT2D eigenvalue weighted by molar-refractivity contribution is 7.86. The zero-order valence-corrected chi connectivity index (χ0v) is 18.8. The molecule has 162 valence electrons. The Morgan fingerprint density at radius 3 is 2.26 bits per heavy atom. The zero-order chi connectivity index (χ0) is 22.2. The van der Waals surface area contributed by atoms with E-state index in [0.717, 1.165) is 27.7 Å². The monoisotopic (exact) mass is 438 g/mol. The first-order chi connectivity index (χ1) is 14.8. The first kappa shape index (κ1) is 21.4. The molecule has 0 aliphatic carbocycles. The lowest BCUT2D eigenvalue weighted by Crippen LogP contribution is -2.53. The second-order valence-corrected chi connectivity index (χ2v) is 10.1. The van der Waals surface area contributed by atoms with Crippen molar-refractivity contribution in [2.24, 2.45) is 0 Å². The van der Waals surface area contributed by atoms with Crippen LogP contribution < -0.4 is 0 Å². The van der Waals surface area contributed by atoms with Gasteiger partial charge in [-0.15, -0.1) is 0 Å². The summed E-state index contributed by atoms with van der Waals surface area (Å²) in [6.07, 6.45) is 0. The highest BCUT2D eigenvalue weighted by Gasteiger charge is 2.31. The van der Waals surface area contributed by atoms with Gasteiger partial charge in [0.1, 0.15) is 0 Å². The molecule has 8 heteroatoms. The van der Waals surface area contributed by atoms with Gasteiger partial charge in [0.15, 0.2) is 0 Å². The molecule has 1 saturated heterocycles. The number of aryl methyl sites for hydroxylation is 1. The minimum atomic E-state index is -3.48. The summed E-state index contributed by atoms with van der Waals surface area (Å²) >= 11 is 0. The molecule has 1 aliphatic rings. The number of amides is 1. The fourth-order valence-electron chi connectivity index (χ4n) is 3.75. The number of rotatable bonds is 4. The van der Waals surface area contributed by atoms with Crippen LogP contribution in [-0.4, -0.2) is 73.1 Å². The summed E-state index contributed by atoms with van der Waals surface area (Å²) < 4.78 is 27.4. The molecular weight excluding hydrogens is 412 g/mol. The van der Waals surface area contributed by atoms with Gasteiger partial charge >= 0.3 is 0 Å². The molecule has 0 N–H and O–H groups in total. The van der Waals surface area contributed by atoms with Crippen LogP contribution in [0.15, 0.2) is 54.6 Å². The number of pyridine rings is 1. The van der Waals surface area contributed by atoms with Gasteiger partial charge in [-0.2, -0.15) is 17.0 Å². The SMILES string of the molecule is Cc1ccc(-c2cc(C(=O)N3CCN(S(=O)(=O)N(C)C)CC3)c3ccccc3n2)cc1. The number of nitrogens with zero attached hydrogens (tertiary/aromatic N) is 4. The van der Waals surface area contributed by atoms with E-state index in [0.29, 0.717) is 18.7 Å². The number of fused-ring (bicyclic) bond motifs is 1. The number of piperazine rings is 1. The molecule has 4 rings (SSSR count). The standard InChI is InChI=1S/C23H26N4O3S/c1-17-8-10-18(11-9-17)22-16-20(19-6-4-5-7-21(19)24-22)23(28)26-12-14-27(15-13-26)31(29,30)25(2)3/h4-11,16H,12-15H2,1-3H3. The second kappa shape index (κ2) is 8.37. The van der Waals surface area contributed by atoms with Gasteiger partial charge in [0, 0.05) is 51.2 Å². The van der Waals surface area contributed by atoms with Gasteiger partial charge in [-0.05, 0) is 19.1 Å². The molecule has 1 fully saturated rings. The van der Waals surface area contributed by atoms with Gasteiger partial charge in [-0.1, -0.05) is 48.0 Å². The lowest BCUT2D eigenvalue weighted by Gasteiger charge is -2.35. The van der Waals surface area contributed by atoms with Crippen molar-refractivity contribution in [3.63, 3.8) is 0 Å². The van der Waals surface area contributed by atoms with Gasteiger partial charge in [-0.3, -0.25) is 4.79 Å². The van der Waals surface area contributed by atoms with Crippen LogP contribution in [0.5, 0.6) is 0 Å².